The highest BCUT2D eigenvalue weighted by molar-refractivity contribution is 5.95. The summed E-state index contributed by atoms with van der Waals surface area (Å²) in [5, 5.41) is 27.3. The normalized spacial score (nSPS) is 19.8. The quantitative estimate of drug-likeness (QED) is 0.323. The molecule has 3 aliphatic heterocycles. The summed E-state index contributed by atoms with van der Waals surface area (Å²) in [6.07, 6.45) is 4.61. The first kappa shape index (κ1) is 27.4. The molecule has 7 rings (SSSR count). The fraction of sp³-hybridized carbons (Fsp3) is 0.484. The Bertz CT molecular complexity index is 1560. The number of hydrogen-bond donors (Lipinski definition) is 2. The van der Waals surface area contributed by atoms with Gasteiger partial charge in [0, 0.05) is 60.5 Å². The highest BCUT2D eigenvalue weighted by atomic mass is 16.5. The lowest BCUT2D eigenvalue weighted by Gasteiger charge is -2.58. The lowest BCUT2D eigenvalue weighted by atomic mass is 9.85. The van der Waals surface area contributed by atoms with Gasteiger partial charge in [0.2, 0.25) is 0 Å². The molecule has 3 aliphatic rings. The number of pyridine rings is 1. The molecule has 1 aromatic carbocycles. The average molecular weight is 558 g/mol. The van der Waals surface area contributed by atoms with Crippen molar-refractivity contribution < 1.29 is 14.6 Å². The smallest absolute Gasteiger partial charge is 0.162 e. The Labute approximate surface area is 240 Å². The van der Waals surface area contributed by atoms with Crippen LogP contribution in [-0.4, -0.2) is 79.8 Å². The maximum atomic E-state index is 10.3. The molecule has 41 heavy (non-hydrogen) atoms. The van der Waals surface area contributed by atoms with Gasteiger partial charge in [-0.15, -0.1) is 0 Å². The number of H-pyrrole nitrogens is 1. The van der Waals surface area contributed by atoms with Crippen molar-refractivity contribution in [3.8, 4) is 22.8 Å². The molecule has 216 valence electrons. The number of aromatic nitrogens is 5. The minimum atomic E-state index is -0.678. The van der Waals surface area contributed by atoms with Gasteiger partial charge in [-0.1, -0.05) is 0 Å². The number of piperidine rings is 1. The topological polar surface area (TPSA) is 113 Å². The first-order valence-electron chi connectivity index (χ1n) is 14.2. The van der Waals surface area contributed by atoms with E-state index in [4.69, 9.17) is 14.5 Å². The van der Waals surface area contributed by atoms with E-state index in [2.05, 4.69) is 43.2 Å². The third-order valence-corrected chi connectivity index (χ3v) is 8.37. The molecule has 0 aliphatic carbocycles. The molecule has 4 aromatic rings. The minimum absolute atomic E-state index is 0.245. The lowest BCUT2D eigenvalue weighted by Crippen LogP contribution is -2.70. The molecule has 0 amide bonds. The molecule has 3 unspecified atom stereocenters. The van der Waals surface area contributed by atoms with Gasteiger partial charge in [0.25, 0.3) is 0 Å². The van der Waals surface area contributed by atoms with Gasteiger partial charge in [-0.2, -0.15) is 15.3 Å². The Morgan fingerprint density at radius 2 is 1.83 bits per heavy atom. The van der Waals surface area contributed by atoms with E-state index in [0.717, 1.165) is 63.5 Å². The van der Waals surface area contributed by atoms with Crippen molar-refractivity contribution in [1.82, 2.24) is 30.3 Å². The van der Waals surface area contributed by atoms with Crippen molar-refractivity contribution in [2.75, 3.05) is 31.6 Å². The summed E-state index contributed by atoms with van der Waals surface area (Å²) in [5.41, 5.74) is 5.95. The van der Waals surface area contributed by atoms with E-state index in [9.17, 15) is 5.11 Å². The molecule has 10 heteroatoms. The van der Waals surface area contributed by atoms with Crippen LogP contribution in [0.15, 0.2) is 30.6 Å². The largest absolute Gasteiger partial charge is 0.493 e. The van der Waals surface area contributed by atoms with Crippen LogP contribution in [-0.2, 0) is 0 Å². The Balaban J connectivity index is 1.26. The van der Waals surface area contributed by atoms with Gasteiger partial charge in [-0.3, -0.25) is 10.00 Å². The highest BCUT2D eigenvalue weighted by Crippen LogP contribution is 2.40. The summed E-state index contributed by atoms with van der Waals surface area (Å²) in [6, 6.07) is 6.99. The van der Waals surface area contributed by atoms with Crippen molar-refractivity contribution in [3.05, 3.63) is 53.0 Å². The number of aliphatic hydroxyl groups is 1. The molecular formula is C31H39N7O3. The first-order chi connectivity index (χ1) is 19.5. The van der Waals surface area contributed by atoms with Crippen LogP contribution in [0.5, 0.6) is 11.5 Å². The van der Waals surface area contributed by atoms with Crippen molar-refractivity contribution in [2.45, 2.75) is 71.8 Å². The molecule has 2 N–H and O–H groups in total. The van der Waals surface area contributed by atoms with E-state index < -0.39 is 5.60 Å². The van der Waals surface area contributed by atoms with Crippen LogP contribution in [0.4, 0.5) is 5.82 Å². The number of methoxy groups -OCH3 is 1. The summed E-state index contributed by atoms with van der Waals surface area (Å²) >= 11 is 0. The van der Waals surface area contributed by atoms with Crippen LogP contribution in [0.1, 0.15) is 55.7 Å². The lowest BCUT2D eigenvalue weighted by molar-refractivity contribution is -0.0618. The third kappa shape index (κ3) is 5.10. The van der Waals surface area contributed by atoms with Crippen LogP contribution in [0, 0.1) is 20.8 Å². The standard InChI is InChI=1S/C31H39N7O3/c1-17-8-21(13-32-30(17)37-14-22-9-23(15-37)38(22)16-31(5,6)39)29-24-10-27(26(40-7)11-25(24)35-36-29)41-20(4)28-18(2)12-33-34-19(28)3/h8,10-13,20,22-23,39H,9,14-16H2,1-7H3,(H,35,36). The molecule has 2 bridgehead atoms. The van der Waals surface area contributed by atoms with E-state index in [1.54, 1.807) is 13.3 Å². The van der Waals surface area contributed by atoms with E-state index in [1.807, 2.05) is 52.9 Å². The van der Waals surface area contributed by atoms with Gasteiger partial charge < -0.3 is 19.5 Å². The van der Waals surface area contributed by atoms with Gasteiger partial charge in [0.1, 0.15) is 17.6 Å². The van der Waals surface area contributed by atoms with E-state index >= 15 is 0 Å². The highest BCUT2D eigenvalue weighted by Gasteiger charge is 2.46. The van der Waals surface area contributed by atoms with Gasteiger partial charge in [-0.05, 0) is 71.2 Å². The number of piperazine rings is 1. The summed E-state index contributed by atoms with van der Waals surface area (Å²) in [4.78, 5) is 9.75. The molecule has 10 nitrogen and oxygen atoms in total. The average Bonchev–Trinajstić information content (AvgIpc) is 3.33. The summed E-state index contributed by atoms with van der Waals surface area (Å²) in [7, 11) is 1.64. The Hall–Kier alpha value is -3.76. The van der Waals surface area contributed by atoms with E-state index in [-0.39, 0.29) is 6.10 Å². The Morgan fingerprint density at radius 1 is 1.07 bits per heavy atom. The van der Waals surface area contributed by atoms with Crippen LogP contribution in [0.25, 0.3) is 22.2 Å². The molecular weight excluding hydrogens is 518 g/mol. The minimum Gasteiger partial charge on any atom is -0.493 e. The Morgan fingerprint density at radius 3 is 2.49 bits per heavy atom. The number of nitrogens with zero attached hydrogens (tertiary/aromatic N) is 6. The number of anilines is 1. The number of fused-ring (bicyclic) bond motifs is 3. The molecule has 0 saturated carbocycles. The number of benzene rings is 1. The van der Waals surface area contributed by atoms with E-state index in [0.29, 0.717) is 30.1 Å². The summed E-state index contributed by atoms with van der Waals surface area (Å²) in [6.45, 7) is 14.4. The maximum Gasteiger partial charge on any atom is 0.162 e. The van der Waals surface area contributed by atoms with Gasteiger partial charge in [0.15, 0.2) is 11.5 Å². The number of aromatic amines is 1. The Kier molecular flexibility index (Phi) is 6.86. The molecule has 0 spiro atoms. The molecule has 3 saturated heterocycles. The van der Waals surface area contributed by atoms with Crippen LogP contribution in [0.3, 0.4) is 0 Å². The van der Waals surface area contributed by atoms with Crippen LogP contribution < -0.4 is 14.4 Å². The predicted molar refractivity (Wildman–Crippen MR) is 159 cm³/mol. The number of hydrogen-bond acceptors (Lipinski definition) is 9. The third-order valence-electron chi connectivity index (χ3n) is 8.37. The van der Waals surface area contributed by atoms with Crippen molar-refractivity contribution >= 4 is 16.7 Å². The van der Waals surface area contributed by atoms with Gasteiger partial charge >= 0.3 is 0 Å². The first-order valence-corrected chi connectivity index (χ1v) is 14.2. The molecule has 3 aromatic heterocycles. The van der Waals surface area contributed by atoms with Crippen LogP contribution >= 0.6 is 0 Å². The SMILES string of the molecule is COc1cc2[nH]nc(-c3cnc(N4CC5CC(C4)N5CC(C)(C)O)c(C)c3)c2cc1OC(C)c1c(C)cnnc1C. The second kappa shape index (κ2) is 10.3. The molecule has 0 radical (unpaired) electrons. The number of rotatable bonds is 8. The molecule has 3 fully saturated rings. The monoisotopic (exact) mass is 557 g/mol. The van der Waals surface area contributed by atoms with Crippen molar-refractivity contribution in [1.29, 1.82) is 0 Å². The number of ether oxygens (including phenoxy) is 2. The number of aryl methyl sites for hydroxylation is 3. The second-order valence-electron chi connectivity index (χ2n) is 12.2. The van der Waals surface area contributed by atoms with Crippen molar-refractivity contribution in [3.63, 3.8) is 0 Å². The zero-order valence-electron chi connectivity index (χ0n) is 24.9. The zero-order valence-corrected chi connectivity index (χ0v) is 24.9. The van der Waals surface area contributed by atoms with Crippen molar-refractivity contribution in [2.24, 2.45) is 0 Å². The second-order valence-corrected chi connectivity index (χ2v) is 12.2. The zero-order chi connectivity index (χ0) is 29.1. The summed E-state index contributed by atoms with van der Waals surface area (Å²) < 4.78 is 12.1. The fourth-order valence-electron chi connectivity index (χ4n) is 6.56. The van der Waals surface area contributed by atoms with Gasteiger partial charge in [-0.25, -0.2) is 4.98 Å². The fourth-order valence-corrected chi connectivity index (χ4v) is 6.56. The van der Waals surface area contributed by atoms with E-state index in [1.165, 1.54) is 6.42 Å². The number of nitrogens with one attached hydrogen (secondary N) is 1. The molecule has 3 atom stereocenters. The molecule has 6 heterocycles. The van der Waals surface area contributed by atoms with Gasteiger partial charge in [0.05, 0.1) is 30.1 Å². The predicted octanol–water partition coefficient (Wildman–Crippen LogP) is 4.52. The summed E-state index contributed by atoms with van der Waals surface area (Å²) in [5.74, 6) is 2.28. The maximum absolute atomic E-state index is 10.3. The van der Waals surface area contributed by atoms with Crippen LogP contribution in [0.2, 0.25) is 0 Å².